The van der Waals surface area contributed by atoms with Gasteiger partial charge in [-0.1, -0.05) is 44.2 Å². The maximum absolute atomic E-state index is 12.1. The predicted molar refractivity (Wildman–Crippen MR) is 87.7 cm³/mol. The molecule has 0 radical (unpaired) electrons. The first-order valence-electron chi connectivity index (χ1n) is 7.83. The largest absolute Gasteiger partial charge is 0.396 e. The Balaban J connectivity index is 2.36. The van der Waals surface area contributed by atoms with E-state index in [0.717, 1.165) is 38.5 Å². The Kier molecular flexibility index (Phi) is 8.75. The Morgan fingerprint density at radius 3 is 2.17 bits per heavy atom. The van der Waals surface area contributed by atoms with Crippen molar-refractivity contribution in [2.24, 2.45) is 0 Å². The number of nitrogens with one attached hydrogen (secondary N) is 1. The Morgan fingerprint density at radius 1 is 1.00 bits per heavy atom. The number of hydrogen-bond donors (Lipinski definition) is 2. The molecular weight excluding hydrogens is 320 g/mol. The van der Waals surface area contributed by atoms with E-state index < -0.39 is 20.6 Å². The smallest absolute Gasteiger partial charge is 0.289 e. The predicted octanol–water partition coefficient (Wildman–Crippen LogP) is 2.60. The molecule has 0 bridgehead atoms. The third-order valence-corrected chi connectivity index (χ3v) is 4.99. The number of unbranched alkanes of at least 4 members (excludes halogenated alkanes) is 6. The van der Waals surface area contributed by atoms with Gasteiger partial charge in [0.15, 0.2) is 4.90 Å². The summed E-state index contributed by atoms with van der Waals surface area (Å²) in [7, 11) is -3.86. The first-order chi connectivity index (χ1) is 11.0. The summed E-state index contributed by atoms with van der Waals surface area (Å²) in [5.74, 6) is 0. The van der Waals surface area contributed by atoms with E-state index >= 15 is 0 Å². The summed E-state index contributed by atoms with van der Waals surface area (Å²) in [6.45, 7) is 0.498. The Morgan fingerprint density at radius 2 is 1.57 bits per heavy atom. The van der Waals surface area contributed by atoms with Crippen molar-refractivity contribution >= 4 is 15.7 Å². The first-order valence-corrected chi connectivity index (χ1v) is 9.31. The Labute approximate surface area is 136 Å². The lowest BCUT2D eigenvalue weighted by molar-refractivity contribution is -0.387. The van der Waals surface area contributed by atoms with Gasteiger partial charge in [-0.15, -0.1) is 0 Å². The Hall–Kier alpha value is -1.51. The highest BCUT2D eigenvalue weighted by atomic mass is 32.2. The summed E-state index contributed by atoms with van der Waals surface area (Å²) in [4.78, 5) is 9.90. The monoisotopic (exact) mass is 344 g/mol. The quantitative estimate of drug-likeness (QED) is 0.344. The van der Waals surface area contributed by atoms with E-state index in [9.17, 15) is 18.5 Å². The maximum Gasteiger partial charge on any atom is 0.289 e. The van der Waals surface area contributed by atoms with E-state index in [0.29, 0.717) is 6.42 Å². The zero-order chi connectivity index (χ0) is 17.1. The number of nitrogens with zero attached hydrogens (tertiary/aromatic N) is 1. The molecule has 130 valence electrons. The number of hydrogen-bond acceptors (Lipinski definition) is 5. The minimum Gasteiger partial charge on any atom is -0.396 e. The number of nitro groups is 1. The normalized spacial score (nSPS) is 11.5. The molecule has 0 aliphatic rings. The van der Waals surface area contributed by atoms with Gasteiger partial charge in [0.05, 0.1) is 4.92 Å². The molecule has 0 unspecified atom stereocenters. The van der Waals surface area contributed by atoms with E-state index in [1.165, 1.54) is 24.3 Å². The van der Waals surface area contributed by atoms with Gasteiger partial charge in [0.2, 0.25) is 10.0 Å². The summed E-state index contributed by atoms with van der Waals surface area (Å²) in [6, 6.07) is 5.32. The van der Waals surface area contributed by atoms with Crippen molar-refractivity contribution < 1.29 is 18.4 Å². The molecule has 7 nitrogen and oxygen atoms in total. The van der Waals surface area contributed by atoms with E-state index in [1.807, 2.05) is 0 Å². The van der Waals surface area contributed by atoms with Crippen LogP contribution in [0.1, 0.15) is 44.9 Å². The minimum absolute atomic E-state index is 0.230. The van der Waals surface area contributed by atoms with Gasteiger partial charge >= 0.3 is 0 Å². The van der Waals surface area contributed by atoms with Gasteiger partial charge < -0.3 is 5.11 Å². The van der Waals surface area contributed by atoms with Crippen molar-refractivity contribution in [1.82, 2.24) is 4.72 Å². The molecule has 0 amide bonds. The second-order valence-electron chi connectivity index (χ2n) is 5.32. The lowest BCUT2D eigenvalue weighted by atomic mass is 10.1. The molecule has 1 rings (SSSR count). The van der Waals surface area contributed by atoms with Gasteiger partial charge in [0.25, 0.3) is 5.69 Å². The fourth-order valence-corrected chi connectivity index (χ4v) is 3.48. The van der Waals surface area contributed by atoms with Crippen molar-refractivity contribution in [3.8, 4) is 0 Å². The number of aliphatic hydroxyl groups excluding tert-OH is 1. The second kappa shape index (κ2) is 10.3. The topological polar surface area (TPSA) is 110 Å². The highest BCUT2D eigenvalue weighted by Crippen LogP contribution is 2.22. The van der Waals surface area contributed by atoms with Gasteiger partial charge in [-0.3, -0.25) is 10.1 Å². The van der Waals surface area contributed by atoms with E-state index in [2.05, 4.69) is 4.72 Å². The SMILES string of the molecule is O=[N+]([O-])c1ccccc1S(=O)(=O)NCCCCCCCCCO. The molecule has 0 spiro atoms. The van der Waals surface area contributed by atoms with Gasteiger partial charge in [-0.05, 0) is 18.9 Å². The van der Waals surface area contributed by atoms with Crippen molar-refractivity contribution in [3.05, 3.63) is 34.4 Å². The van der Waals surface area contributed by atoms with Gasteiger partial charge in [0, 0.05) is 19.2 Å². The van der Waals surface area contributed by atoms with E-state index in [4.69, 9.17) is 5.11 Å². The molecule has 0 fully saturated rings. The number of nitro benzene ring substituents is 1. The van der Waals surface area contributed by atoms with Crippen LogP contribution in [0.2, 0.25) is 0 Å². The minimum atomic E-state index is -3.86. The molecule has 0 aliphatic heterocycles. The number of aliphatic hydroxyl groups is 1. The van der Waals surface area contributed by atoms with Gasteiger partial charge in [-0.2, -0.15) is 0 Å². The summed E-state index contributed by atoms with van der Waals surface area (Å²) in [5, 5.41) is 19.5. The van der Waals surface area contributed by atoms with Gasteiger partial charge in [-0.25, -0.2) is 13.1 Å². The van der Waals surface area contributed by atoms with Crippen LogP contribution in [0.4, 0.5) is 5.69 Å². The van der Waals surface area contributed by atoms with E-state index in [1.54, 1.807) is 0 Å². The summed E-state index contributed by atoms with van der Waals surface area (Å²) >= 11 is 0. The maximum atomic E-state index is 12.1. The van der Waals surface area contributed by atoms with Crippen LogP contribution in [0, 0.1) is 10.1 Å². The average Bonchev–Trinajstić information content (AvgIpc) is 2.53. The molecule has 0 saturated heterocycles. The summed E-state index contributed by atoms with van der Waals surface area (Å²) in [6.07, 6.45) is 6.59. The zero-order valence-electron chi connectivity index (χ0n) is 13.1. The molecule has 0 heterocycles. The third-order valence-electron chi connectivity index (χ3n) is 3.48. The fourth-order valence-electron chi connectivity index (χ4n) is 2.24. The van der Waals surface area contributed by atoms with Crippen molar-refractivity contribution in [2.45, 2.75) is 49.8 Å². The molecule has 1 aromatic rings. The number of sulfonamides is 1. The first kappa shape index (κ1) is 19.5. The molecule has 8 heteroatoms. The summed E-state index contributed by atoms with van der Waals surface area (Å²) < 4.78 is 26.7. The molecule has 0 saturated carbocycles. The van der Waals surface area contributed by atoms with Crippen LogP contribution >= 0.6 is 0 Å². The number of rotatable bonds is 12. The highest BCUT2D eigenvalue weighted by molar-refractivity contribution is 7.89. The third kappa shape index (κ3) is 7.06. The molecule has 1 aromatic carbocycles. The van der Waals surface area contributed by atoms with Crippen LogP contribution in [0.3, 0.4) is 0 Å². The van der Waals surface area contributed by atoms with E-state index in [-0.39, 0.29) is 18.0 Å². The van der Waals surface area contributed by atoms with Crippen LogP contribution < -0.4 is 4.72 Å². The van der Waals surface area contributed by atoms with Crippen LogP contribution in [-0.4, -0.2) is 31.6 Å². The molecule has 0 atom stereocenters. The van der Waals surface area contributed by atoms with Crippen molar-refractivity contribution in [1.29, 1.82) is 0 Å². The van der Waals surface area contributed by atoms with Crippen LogP contribution in [0.5, 0.6) is 0 Å². The fraction of sp³-hybridized carbons (Fsp3) is 0.600. The molecule has 23 heavy (non-hydrogen) atoms. The van der Waals surface area contributed by atoms with Crippen LogP contribution in [0.25, 0.3) is 0 Å². The number of para-hydroxylation sites is 1. The lowest BCUT2D eigenvalue weighted by Crippen LogP contribution is -2.25. The molecule has 0 aromatic heterocycles. The standard InChI is InChI=1S/C15H24N2O5S/c18-13-9-5-3-1-2-4-8-12-16-23(21,22)15-11-7-6-10-14(15)17(19)20/h6-7,10-11,16,18H,1-5,8-9,12-13H2. The van der Waals surface area contributed by atoms with Crippen LogP contribution in [0.15, 0.2) is 29.2 Å². The van der Waals surface area contributed by atoms with Gasteiger partial charge in [0.1, 0.15) is 0 Å². The highest BCUT2D eigenvalue weighted by Gasteiger charge is 2.24. The Bertz CT molecular complexity index is 589. The number of benzene rings is 1. The van der Waals surface area contributed by atoms with Crippen molar-refractivity contribution in [2.75, 3.05) is 13.2 Å². The molecule has 2 N–H and O–H groups in total. The lowest BCUT2D eigenvalue weighted by Gasteiger charge is -2.07. The summed E-state index contributed by atoms with van der Waals surface area (Å²) in [5.41, 5.74) is -0.413. The van der Waals surface area contributed by atoms with Crippen molar-refractivity contribution in [3.63, 3.8) is 0 Å². The molecule has 0 aliphatic carbocycles. The zero-order valence-corrected chi connectivity index (χ0v) is 13.9. The van der Waals surface area contributed by atoms with Crippen LogP contribution in [-0.2, 0) is 10.0 Å². The second-order valence-corrected chi connectivity index (χ2v) is 7.06. The molecular formula is C15H24N2O5S. The average molecular weight is 344 g/mol.